The highest BCUT2D eigenvalue weighted by molar-refractivity contribution is 6.31. The zero-order valence-corrected chi connectivity index (χ0v) is 11.5. The Balaban J connectivity index is 2.05. The molecule has 1 aromatic heterocycles. The summed E-state index contributed by atoms with van der Waals surface area (Å²) in [5, 5.41) is 10.8. The Morgan fingerprint density at radius 1 is 1.32 bits per heavy atom. The number of aromatic amines is 1. The summed E-state index contributed by atoms with van der Waals surface area (Å²) in [6, 6.07) is 5.97. The van der Waals surface area contributed by atoms with Crippen molar-refractivity contribution in [1.29, 1.82) is 0 Å². The maximum Gasteiger partial charge on any atom is 0.0637 e. The monoisotopic (exact) mass is 276 g/mol. The molecule has 1 heterocycles. The van der Waals surface area contributed by atoms with E-state index in [1.165, 1.54) is 16.6 Å². The van der Waals surface area contributed by atoms with Crippen LogP contribution in [0, 0.1) is 0 Å². The fourth-order valence-corrected chi connectivity index (χ4v) is 2.90. The highest BCUT2D eigenvalue weighted by Crippen LogP contribution is 2.31. The van der Waals surface area contributed by atoms with E-state index in [1.54, 1.807) is 0 Å². The third kappa shape index (κ3) is 2.40. The maximum atomic E-state index is 8.84. The van der Waals surface area contributed by atoms with Crippen LogP contribution in [-0.4, -0.2) is 29.0 Å². The Bertz CT molecular complexity index is 630. The summed E-state index contributed by atoms with van der Waals surface area (Å²) in [5.74, 6) is 0. The molecule has 100 valence electrons. The molecule has 0 saturated heterocycles. The molecule has 0 amide bonds. The highest BCUT2D eigenvalue weighted by atomic mass is 35.5. The predicted molar refractivity (Wildman–Crippen MR) is 79.4 cm³/mol. The van der Waals surface area contributed by atoms with Crippen LogP contribution >= 0.6 is 11.6 Å². The quantitative estimate of drug-likeness (QED) is 0.830. The number of nitrogens with one attached hydrogen (secondary N) is 1. The molecule has 2 aromatic rings. The lowest BCUT2D eigenvalue weighted by atomic mass is 9.94. The first-order valence-corrected chi connectivity index (χ1v) is 7.12. The van der Waals surface area contributed by atoms with Crippen molar-refractivity contribution in [2.24, 2.45) is 4.99 Å². The predicted octanol–water partition coefficient (Wildman–Crippen LogP) is 3.33. The minimum atomic E-state index is 0.200. The fraction of sp³-hybridized carbons (Fsp3) is 0.400. The summed E-state index contributed by atoms with van der Waals surface area (Å²) in [4.78, 5) is 8.09. The van der Waals surface area contributed by atoms with Gasteiger partial charge in [-0.3, -0.25) is 4.99 Å². The van der Waals surface area contributed by atoms with Crippen molar-refractivity contribution >= 4 is 28.2 Å². The van der Waals surface area contributed by atoms with E-state index in [4.69, 9.17) is 16.7 Å². The van der Waals surface area contributed by atoms with Gasteiger partial charge in [0.05, 0.1) is 11.4 Å². The van der Waals surface area contributed by atoms with Crippen molar-refractivity contribution in [2.75, 3.05) is 13.2 Å². The molecule has 0 fully saturated rings. The summed E-state index contributed by atoms with van der Waals surface area (Å²) in [6.07, 6.45) is 3.95. The molecule has 1 aromatic carbocycles. The van der Waals surface area contributed by atoms with Gasteiger partial charge in [-0.25, -0.2) is 0 Å². The van der Waals surface area contributed by atoms with E-state index in [2.05, 4.69) is 9.98 Å². The van der Waals surface area contributed by atoms with Crippen molar-refractivity contribution in [2.45, 2.75) is 25.7 Å². The second-order valence-corrected chi connectivity index (χ2v) is 5.36. The standard InChI is InChI=1S/C15H17ClN2O/c16-10-5-6-13-12(9-10)11-3-1-4-14(15(11)18-13)17-7-2-8-19/h5-6,9,18-19H,1-4,7-8H2. The lowest BCUT2D eigenvalue weighted by Gasteiger charge is -2.14. The van der Waals surface area contributed by atoms with Crippen molar-refractivity contribution in [1.82, 2.24) is 4.98 Å². The number of aromatic nitrogens is 1. The Hall–Kier alpha value is -1.32. The number of aliphatic hydroxyl groups excluding tert-OH is 1. The molecule has 3 nitrogen and oxygen atoms in total. The van der Waals surface area contributed by atoms with Gasteiger partial charge in [0.1, 0.15) is 0 Å². The zero-order valence-electron chi connectivity index (χ0n) is 10.7. The Morgan fingerprint density at radius 2 is 2.21 bits per heavy atom. The number of aliphatic hydroxyl groups is 1. The molecule has 0 radical (unpaired) electrons. The summed E-state index contributed by atoms with van der Waals surface area (Å²) in [7, 11) is 0. The van der Waals surface area contributed by atoms with Gasteiger partial charge in [0.2, 0.25) is 0 Å². The number of H-pyrrole nitrogens is 1. The molecule has 0 bridgehead atoms. The highest BCUT2D eigenvalue weighted by Gasteiger charge is 2.20. The van der Waals surface area contributed by atoms with E-state index in [1.807, 2.05) is 18.2 Å². The number of nitrogens with zero attached hydrogens (tertiary/aromatic N) is 1. The number of rotatable bonds is 3. The summed E-state index contributed by atoms with van der Waals surface area (Å²) >= 11 is 6.08. The van der Waals surface area contributed by atoms with Crippen molar-refractivity contribution in [3.05, 3.63) is 34.5 Å². The number of aliphatic imine (C=N–C) groups is 1. The van der Waals surface area contributed by atoms with Gasteiger partial charge < -0.3 is 10.1 Å². The van der Waals surface area contributed by atoms with Gasteiger partial charge >= 0.3 is 0 Å². The van der Waals surface area contributed by atoms with Crippen LogP contribution < -0.4 is 0 Å². The lowest BCUT2D eigenvalue weighted by Crippen LogP contribution is -2.12. The van der Waals surface area contributed by atoms with Crippen LogP contribution in [-0.2, 0) is 6.42 Å². The van der Waals surface area contributed by atoms with Crippen molar-refractivity contribution in [3.8, 4) is 0 Å². The van der Waals surface area contributed by atoms with Crippen molar-refractivity contribution < 1.29 is 5.11 Å². The number of aryl methyl sites for hydroxylation is 1. The second kappa shape index (κ2) is 5.35. The number of halogens is 1. The van der Waals surface area contributed by atoms with Gasteiger partial charge in [-0.05, 0) is 49.4 Å². The molecule has 2 N–H and O–H groups in total. The van der Waals surface area contributed by atoms with Crippen LogP contribution in [0.25, 0.3) is 10.9 Å². The number of hydrogen-bond acceptors (Lipinski definition) is 2. The number of fused-ring (bicyclic) bond motifs is 3. The summed E-state index contributed by atoms with van der Waals surface area (Å²) < 4.78 is 0. The fourth-order valence-electron chi connectivity index (χ4n) is 2.73. The molecule has 0 spiro atoms. The average molecular weight is 277 g/mol. The molecule has 0 atom stereocenters. The summed E-state index contributed by atoms with van der Waals surface area (Å²) in [6.45, 7) is 0.896. The van der Waals surface area contributed by atoms with Gasteiger partial charge in [-0.1, -0.05) is 11.6 Å². The number of hydrogen-bond donors (Lipinski definition) is 2. The molecule has 0 aliphatic heterocycles. The van der Waals surface area contributed by atoms with E-state index in [0.29, 0.717) is 6.54 Å². The van der Waals surface area contributed by atoms with Crippen LogP contribution in [0.15, 0.2) is 23.2 Å². The first-order chi connectivity index (χ1) is 9.29. The molecular weight excluding hydrogens is 260 g/mol. The van der Waals surface area contributed by atoms with Crippen LogP contribution in [0.5, 0.6) is 0 Å². The minimum Gasteiger partial charge on any atom is -0.396 e. The molecule has 4 heteroatoms. The molecule has 19 heavy (non-hydrogen) atoms. The van der Waals surface area contributed by atoms with Crippen LogP contribution in [0.3, 0.4) is 0 Å². The second-order valence-electron chi connectivity index (χ2n) is 4.93. The average Bonchev–Trinajstić information content (AvgIpc) is 2.78. The van der Waals surface area contributed by atoms with Gasteiger partial charge in [0.25, 0.3) is 0 Å². The summed E-state index contributed by atoms with van der Waals surface area (Å²) in [5.41, 5.74) is 4.78. The van der Waals surface area contributed by atoms with Crippen LogP contribution in [0.2, 0.25) is 5.02 Å². The maximum absolute atomic E-state index is 8.84. The Kier molecular flexibility index (Phi) is 3.58. The molecule has 1 aliphatic rings. The SMILES string of the molecule is OCCCN=C1CCCc2c1[nH]c1ccc(Cl)cc21. The lowest BCUT2D eigenvalue weighted by molar-refractivity contribution is 0.291. The Labute approximate surface area is 117 Å². The molecular formula is C15H17ClN2O. The third-order valence-electron chi connectivity index (χ3n) is 3.62. The van der Waals surface area contributed by atoms with Crippen LogP contribution in [0.4, 0.5) is 0 Å². The van der Waals surface area contributed by atoms with E-state index >= 15 is 0 Å². The van der Waals surface area contributed by atoms with Gasteiger partial charge in [-0.2, -0.15) is 0 Å². The van der Waals surface area contributed by atoms with Gasteiger partial charge in [0.15, 0.2) is 0 Å². The minimum absolute atomic E-state index is 0.200. The smallest absolute Gasteiger partial charge is 0.0637 e. The topological polar surface area (TPSA) is 48.4 Å². The van der Waals surface area contributed by atoms with Crippen molar-refractivity contribution in [3.63, 3.8) is 0 Å². The largest absolute Gasteiger partial charge is 0.396 e. The van der Waals surface area contributed by atoms with Gasteiger partial charge in [0, 0.05) is 29.1 Å². The van der Waals surface area contributed by atoms with E-state index in [-0.39, 0.29) is 6.61 Å². The molecule has 1 aliphatic carbocycles. The first kappa shape index (κ1) is 12.7. The van der Waals surface area contributed by atoms with E-state index in [0.717, 1.165) is 41.9 Å². The normalized spacial score (nSPS) is 17.1. The molecule has 0 unspecified atom stereocenters. The number of benzene rings is 1. The molecule has 3 rings (SSSR count). The first-order valence-electron chi connectivity index (χ1n) is 6.74. The van der Waals surface area contributed by atoms with E-state index < -0.39 is 0 Å². The zero-order chi connectivity index (χ0) is 13.2. The Morgan fingerprint density at radius 3 is 3.05 bits per heavy atom. The third-order valence-corrected chi connectivity index (χ3v) is 3.85. The van der Waals surface area contributed by atoms with Gasteiger partial charge in [-0.15, -0.1) is 0 Å². The van der Waals surface area contributed by atoms with Crippen LogP contribution in [0.1, 0.15) is 30.5 Å². The molecule has 0 saturated carbocycles. The van der Waals surface area contributed by atoms with E-state index in [9.17, 15) is 0 Å².